The first kappa shape index (κ1) is 12.5. The third-order valence-electron chi connectivity index (χ3n) is 2.19. The average molecular weight is 247 g/mol. The summed E-state index contributed by atoms with van der Waals surface area (Å²) in [5, 5.41) is 10.4. The molecule has 0 aliphatic heterocycles. The van der Waals surface area contributed by atoms with Crippen LogP contribution in [0.25, 0.3) is 0 Å². The fourth-order valence-corrected chi connectivity index (χ4v) is 1.23. The molecule has 1 rings (SSSR count). The lowest BCUT2D eigenvalue weighted by atomic mass is 10.3. The van der Waals surface area contributed by atoms with Crippen molar-refractivity contribution < 1.29 is 14.1 Å². The van der Waals surface area contributed by atoms with Crippen LogP contribution in [0.15, 0.2) is 16.5 Å². The van der Waals surface area contributed by atoms with Crippen molar-refractivity contribution in [1.82, 2.24) is 4.90 Å². The summed E-state index contributed by atoms with van der Waals surface area (Å²) in [6, 6.07) is 2.25. The number of nitrogens with zero attached hydrogens (tertiary/aromatic N) is 2. The van der Waals surface area contributed by atoms with Crippen LogP contribution in [0.5, 0.6) is 0 Å². The van der Waals surface area contributed by atoms with E-state index in [9.17, 15) is 14.9 Å². The molecular formula is C9H11ClN2O4. The second kappa shape index (κ2) is 4.98. The predicted molar refractivity (Wildman–Crippen MR) is 57.6 cm³/mol. The smallest absolute Gasteiger partial charge is 0.395 e. The minimum absolute atomic E-state index is 0.0637. The van der Waals surface area contributed by atoms with Crippen molar-refractivity contribution in [2.45, 2.75) is 13.0 Å². The molecule has 6 nitrogen and oxygen atoms in total. The van der Waals surface area contributed by atoms with Gasteiger partial charge < -0.3 is 9.32 Å². The molecule has 0 aliphatic carbocycles. The average Bonchev–Trinajstić information content (AvgIpc) is 2.75. The van der Waals surface area contributed by atoms with E-state index in [1.54, 1.807) is 14.0 Å². The Kier molecular flexibility index (Phi) is 3.89. The van der Waals surface area contributed by atoms with E-state index < -0.39 is 16.7 Å². The highest BCUT2D eigenvalue weighted by Crippen LogP contribution is 2.17. The standard InChI is InChI=1S/C9H11ClN2O4/c1-6(5-10)11(2)9(13)7-3-4-8(16-7)12(14)15/h3-4,6H,5H2,1-2H3. The van der Waals surface area contributed by atoms with Crippen LogP contribution in [0.3, 0.4) is 0 Å². The molecule has 1 atom stereocenters. The quantitative estimate of drug-likeness (QED) is 0.462. The van der Waals surface area contributed by atoms with Gasteiger partial charge in [-0.05, 0) is 13.0 Å². The Morgan fingerprint density at radius 3 is 2.75 bits per heavy atom. The molecule has 1 unspecified atom stereocenters. The van der Waals surface area contributed by atoms with Crippen LogP contribution in [0.1, 0.15) is 17.5 Å². The van der Waals surface area contributed by atoms with Gasteiger partial charge in [0.2, 0.25) is 0 Å². The molecule has 0 N–H and O–H groups in total. The van der Waals surface area contributed by atoms with Crippen LogP contribution in [-0.2, 0) is 0 Å². The third kappa shape index (κ3) is 2.52. The van der Waals surface area contributed by atoms with E-state index in [1.165, 1.54) is 11.0 Å². The van der Waals surface area contributed by atoms with E-state index >= 15 is 0 Å². The molecule has 16 heavy (non-hydrogen) atoms. The van der Waals surface area contributed by atoms with Gasteiger partial charge in [0.1, 0.15) is 4.92 Å². The maximum absolute atomic E-state index is 11.7. The topological polar surface area (TPSA) is 76.6 Å². The monoisotopic (exact) mass is 246 g/mol. The maximum Gasteiger partial charge on any atom is 0.433 e. The molecule has 0 aliphatic rings. The summed E-state index contributed by atoms with van der Waals surface area (Å²) < 4.78 is 4.79. The van der Waals surface area contributed by atoms with Gasteiger partial charge in [0.15, 0.2) is 5.76 Å². The van der Waals surface area contributed by atoms with E-state index in [0.717, 1.165) is 6.07 Å². The number of rotatable bonds is 4. The molecule has 0 aromatic carbocycles. The van der Waals surface area contributed by atoms with Crippen molar-refractivity contribution in [3.05, 3.63) is 28.0 Å². The van der Waals surface area contributed by atoms with Gasteiger partial charge in [0.05, 0.1) is 6.07 Å². The van der Waals surface area contributed by atoms with Gasteiger partial charge in [-0.3, -0.25) is 14.9 Å². The number of nitro groups is 1. The van der Waals surface area contributed by atoms with Gasteiger partial charge in [-0.2, -0.15) is 0 Å². The second-order valence-corrected chi connectivity index (χ2v) is 3.62. The second-order valence-electron chi connectivity index (χ2n) is 3.31. The van der Waals surface area contributed by atoms with Crippen molar-refractivity contribution in [2.24, 2.45) is 0 Å². The number of halogens is 1. The highest BCUT2D eigenvalue weighted by molar-refractivity contribution is 6.18. The van der Waals surface area contributed by atoms with E-state index in [0.29, 0.717) is 0 Å². The molecule has 0 bridgehead atoms. The molecule has 0 saturated carbocycles. The fourth-order valence-electron chi connectivity index (χ4n) is 1.02. The van der Waals surface area contributed by atoms with Crippen LogP contribution in [0.4, 0.5) is 5.88 Å². The van der Waals surface area contributed by atoms with Gasteiger partial charge >= 0.3 is 5.88 Å². The first-order chi connectivity index (χ1) is 7.47. The van der Waals surface area contributed by atoms with E-state index in [4.69, 9.17) is 16.0 Å². The Hall–Kier alpha value is -1.56. The lowest BCUT2D eigenvalue weighted by Gasteiger charge is -2.21. The van der Waals surface area contributed by atoms with Gasteiger partial charge in [-0.25, -0.2) is 0 Å². The molecular weight excluding hydrogens is 236 g/mol. The molecule has 0 saturated heterocycles. The van der Waals surface area contributed by atoms with E-state index in [1.807, 2.05) is 0 Å². The molecule has 1 amide bonds. The van der Waals surface area contributed by atoms with Crippen molar-refractivity contribution in [2.75, 3.05) is 12.9 Å². The molecule has 88 valence electrons. The fraction of sp³-hybridized carbons (Fsp3) is 0.444. The van der Waals surface area contributed by atoms with Crippen LogP contribution in [0, 0.1) is 10.1 Å². The highest BCUT2D eigenvalue weighted by atomic mass is 35.5. The first-order valence-electron chi connectivity index (χ1n) is 4.54. The summed E-state index contributed by atoms with van der Waals surface area (Å²) >= 11 is 5.60. The van der Waals surface area contributed by atoms with Crippen LogP contribution in [0.2, 0.25) is 0 Å². The zero-order chi connectivity index (χ0) is 12.3. The van der Waals surface area contributed by atoms with Crippen molar-refractivity contribution in [3.8, 4) is 0 Å². The van der Waals surface area contributed by atoms with Crippen molar-refractivity contribution >= 4 is 23.4 Å². The van der Waals surface area contributed by atoms with Gasteiger partial charge in [0, 0.05) is 19.0 Å². The number of furan rings is 1. The molecule has 1 aromatic rings. The van der Waals surface area contributed by atoms with Crippen LogP contribution in [-0.4, -0.2) is 34.7 Å². The van der Waals surface area contributed by atoms with Crippen molar-refractivity contribution in [3.63, 3.8) is 0 Å². The molecule has 0 fully saturated rings. The summed E-state index contributed by atoms with van der Waals surface area (Å²) in [6.07, 6.45) is 0. The number of carbonyl (C=O) groups is 1. The molecule has 1 aromatic heterocycles. The van der Waals surface area contributed by atoms with Gasteiger partial charge in [-0.1, -0.05) is 0 Å². The predicted octanol–water partition coefficient (Wildman–Crippen LogP) is 1.89. The van der Waals surface area contributed by atoms with E-state index in [-0.39, 0.29) is 17.7 Å². The summed E-state index contributed by atoms with van der Waals surface area (Å²) in [6.45, 7) is 1.77. The molecule has 0 spiro atoms. The van der Waals surface area contributed by atoms with Gasteiger partial charge in [0.25, 0.3) is 5.91 Å². The van der Waals surface area contributed by atoms with Crippen LogP contribution < -0.4 is 0 Å². The van der Waals surface area contributed by atoms with Crippen molar-refractivity contribution in [1.29, 1.82) is 0 Å². The largest absolute Gasteiger partial charge is 0.433 e. The Morgan fingerprint density at radius 1 is 1.69 bits per heavy atom. The summed E-state index contributed by atoms with van der Waals surface area (Å²) in [7, 11) is 1.56. The Labute approximate surface area is 96.9 Å². The lowest BCUT2D eigenvalue weighted by Crippen LogP contribution is -2.35. The number of alkyl halides is 1. The highest BCUT2D eigenvalue weighted by Gasteiger charge is 2.22. The Morgan fingerprint density at radius 2 is 2.31 bits per heavy atom. The number of carbonyl (C=O) groups excluding carboxylic acids is 1. The third-order valence-corrected chi connectivity index (χ3v) is 2.63. The Bertz CT molecular complexity index is 404. The number of hydrogen-bond donors (Lipinski definition) is 0. The summed E-state index contributed by atoms with van der Waals surface area (Å²) in [5.41, 5.74) is 0. The first-order valence-corrected chi connectivity index (χ1v) is 5.08. The van der Waals surface area contributed by atoms with Gasteiger partial charge in [-0.15, -0.1) is 11.6 Å². The van der Waals surface area contributed by atoms with Crippen LogP contribution >= 0.6 is 11.6 Å². The SMILES string of the molecule is CC(CCl)N(C)C(=O)c1ccc([N+](=O)[O-])o1. The Balaban J connectivity index is 2.84. The minimum Gasteiger partial charge on any atom is -0.395 e. The zero-order valence-electron chi connectivity index (χ0n) is 8.84. The molecule has 7 heteroatoms. The lowest BCUT2D eigenvalue weighted by molar-refractivity contribution is -0.402. The van der Waals surface area contributed by atoms with E-state index in [2.05, 4.69) is 0 Å². The zero-order valence-corrected chi connectivity index (χ0v) is 9.60. The number of hydrogen-bond acceptors (Lipinski definition) is 4. The molecule has 1 heterocycles. The minimum atomic E-state index is -0.693. The maximum atomic E-state index is 11.7. The number of amides is 1. The molecule has 0 radical (unpaired) electrons. The summed E-state index contributed by atoms with van der Waals surface area (Å²) in [4.78, 5) is 22.8. The summed E-state index contributed by atoms with van der Waals surface area (Å²) in [5.74, 6) is -0.659. The normalized spacial score (nSPS) is 12.2.